The van der Waals surface area contributed by atoms with Gasteiger partial charge >= 0.3 is 0 Å². The molecule has 4 heterocycles. The Morgan fingerprint density at radius 1 is 1.15 bits per heavy atom. The topological polar surface area (TPSA) is 89.9 Å². The fourth-order valence-electron chi connectivity index (χ4n) is 3.55. The molecule has 0 saturated carbocycles. The van der Waals surface area contributed by atoms with Crippen molar-refractivity contribution < 1.29 is 13.7 Å². The minimum Gasteiger partial charge on any atom is -0.481 e. The Morgan fingerprint density at radius 3 is 2.56 bits per heavy atom. The van der Waals surface area contributed by atoms with Gasteiger partial charge in [0.25, 0.3) is 0 Å². The van der Waals surface area contributed by atoms with Crippen LogP contribution in [0.1, 0.15) is 24.2 Å². The number of pyridine rings is 4. The summed E-state index contributed by atoms with van der Waals surface area (Å²) in [6, 6.07) is 8.16. The molecule has 4 aromatic rings. The van der Waals surface area contributed by atoms with Gasteiger partial charge in [-0.1, -0.05) is 11.6 Å². The number of nitrogens with one attached hydrogen (secondary N) is 1. The first kappa shape index (κ1) is 24.0. The summed E-state index contributed by atoms with van der Waals surface area (Å²) in [5.41, 5.74) is 3.88. The van der Waals surface area contributed by atoms with Crippen LogP contribution in [0.25, 0.3) is 22.3 Å². The number of aryl methyl sites for hydroxylation is 1. The Morgan fingerprint density at radius 2 is 1.91 bits per heavy atom. The number of rotatable bonds is 6. The molecule has 4 aromatic heterocycles. The Kier molecular flexibility index (Phi) is 6.56. The highest BCUT2D eigenvalue weighted by molar-refractivity contribution is 7.69. The summed E-state index contributed by atoms with van der Waals surface area (Å²) in [7, 11) is -0.970. The molecule has 0 spiro atoms. The van der Waals surface area contributed by atoms with Crippen molar-refractivity contribution in [2.75, 3.05) is 25.8 Å². The van der Waals surface area contributed by atoms with E-state index in [0.717, 1.165) is 5.56 Å². The maximum Gasteiger partial charge on any atom is 0.213 e. The van der Waals surface area contributed by atoms with Crippen LogP contribution >= 0.6 is 18.7 Å². The average molecular weight is 500 g/mol. The van der Waals surface area contributed by atoms with Crippen molar-refractivity contribution in [1.29, 1.82) is 0 Å². The predicted octanol–water partition coefficient (Wildman–Crippen LogP) is 5.62. The molecule has 1 atom stereocenters. The third-order valence-electron chi connectivity index (χ3n) is 5.42. The molecular formula is C24H24ClFN5O2P. The van der Waals surface area contributed by atoms with Gasteiger partial charge < -0.3 is 14.6 Å². The number of fused-ring (bicyclic) bond motifs is 1. The highest BCUT2D eigenvalue weighted by Crippen LogP contribution is 2.37. The van der Waals surface area contributed by atoms with Crippen LogP contribution in [-0.4, -0.2) is 40.4 Å². The lowest BCUT2D eigenvalue weighted by Gasteiger charge is -2.19. The lowest BCUT2D eigenvalue weighted by Crippen LogP contribution is -2.10. The monoisotopic (exact) mass is 499 g/mol. The van der Waals surface area contributed by atoms with Crippen molar-refractivity contribution >= 4 is 40.9 Å². The van der Waals surface area contributed by atoms with E-state index < -0.39 is 13.0 Å². The molecule has 0 aliphatic carbocycles. The first-order valence-corrected chi connectivity index (χ1v) is 13.5. The van der Waals surface area contributed by atoms with Crippen molar-refractivity contribution in [1.82, 2.24) is 19.9 Å². The van der Waals surface area contributed by atoms with E-state index in [1.807, 2.05) is 19.1 Å². The third kappa shape index (κ3) is 4.74. The molecule has 34 heavy (non-hydrogen) atoms. The molecule has 10 heteroatoms. The van der Waals surface area contributed by atoms with Crippen LogP contribution in [0.2, 0.25) is 5.02 Å². The largest absolute Gasteiger partial charge is 0.481 e. The van der Waals surface area contributed by atoms with Crippen LogP contribution in [0, 0.1) is 12.7 Å². The zero-order valence-electron chi connectivity index (χ0n) is 19.4. The van der Waals surface area contributed by atoms with Gasteiger partial charge in [-0.25, -0.2) is 19.3 Å². The minimum atomic E-state index is -2.53. The van der Waals surface area contributed by atoms with Crippen LogP contribution in [0.15, 0.2) is 42.7 Å². The number of ether oxygens (including phenoxy) is 1. The molecule has 1 N–H and O–H groups in total. The van der Waals surface area contributed by atoms with Gasteiger partial charge in [-0.3, -0.25) is 4.98 Å². The molecule has 4 rings (SSSR count). The van der Waals surface area contributed by atoms with Crippen molar-refractivity contribution in [2.45, 2.75) is 19.9 Å². The van der Waals surface area contributed by atoms with Crippen molar-refractivity contribution in [3.63, 3.8) is 0 Å². The number of halogens is 2. The molecule has 0 aliphatic rings. The fourth-order valence-corrected chi connectivity index (χ4v) is 4.50. The van der Waals surface area contributed by atoms with E-state index in [4.69, 9.17) is 16.3 Å². The van der Waals surface area contributed by atoms with Crippen LogP contribution < -0.4 is 15.5 Å². The second-order valence-electron chi connectivity index (χ2n) is 8.33. The third-order valence-corrected chi connectivity index (χ3v) is 7.25. The van der Waals surface area contributed by atoms with Crippen LogP contribution in [0.5, 0.6) is 5.88 Å². The predicted molar refractivity (Wildman–Crippen MR) is 134 cm³/mol. The minimum absolute atomic E-state index is 0.108. The Balaban J connectivity index is 1.81. The van der Waals surface area contributed by atoms with Gasteiger partial charge in [0.05, 0.1) is 34.5 Å². The Bertz CT molecular complexity index is 1430. The number of hydrogen-bond acceptors (Lipinski definition) is 7. The molecule has 0 bridgehead atoms. The summed E-state index contributed by atoms with van der Waals surface area (Å²) in [5, 5.41) is 3.80. The average Bonchev–Trinajstić information content (AvgIpc) is 2.81. The van der Waals surface area contributed by atoms with Gasteiger partial charge in [0, 0.05) is 36.1 Å². The van der Waals surface area contributed by atoms with Gasteiger partial charge in [0.2, 0.25) is 5.88 Å². The van der Waals surface area contributed by atoms with E-state index in [1.54, 1.807) is 45.7 Å². The molecule has 176 valence electrons. The van der Waals surface area contributed by atoms with Crippen molar-refractivity contribution in [2.24, 2.45) is 0 Å². The Labute approximate surface area is 202 Å². The van der Waals surface area contributed by atoms with E-state index >= 15 is 4.39 Å². The van der Waals surface area contributed by atoms with Crippen molar-refractivity contribution in [3.05, 3.63) is 64.8 Å². The standard InChI is InChI=1S/C24H24ClFN5O2P/c1-13(15-8-9-27-19(10-15)33-3)30-24-21(25)14(2)29-18-11-17(26)22(31-23(18)24)16-6-7-20(28-12-16)34(4,5)32/h6-13H,1-5H3,(H,29,30)/t13-/m1/s1. The molecule has 0 saturated heterocycles. The number of nitrogens with zero attached hydrogens (tertiary/aromatic N) is 4. The molecule has 0 fully saturated rings. The lowest BCUT2D eigenvalue weighted by atomic mass is 10.1. The Hall–Kier alpha value is -3.09. The first-order valence-electron chi connectivity index (χ1n) is 10.5. The first-order chi connectivity index (χ1) is 16.1. The van der Waals surface area contributed by atoms with Gasteiger partial charge in [-0.05, 0) is 50.9 Å². The quantitative estimate of drug-likeness (QED) is 0.344. The van der Waals surface area contributed by atoms with Crippen molar-refractivity contribution in [3.8, 4) is 17.1 Å². The number of anilines is 1. The van der Waals surface area contributed by atoms with E-state index in [-0.39, 0.29) is 11.7 Å². The smallest absolute Gasteiger partial charge is 0.213 e. The van der Waals surface area contributed by atoms with E-state index in [1.165, 1.54) is 12.3 Å². The zero-order chi connectivity index (χ0) is 24.6. The van der Waals surface area contributed by atoms with Gasteiger partial charge in [-0.15, -0.1) is 0 Å². The zero-order valence-corrected chi connectivity index (χ0v) is 21.1. The molecule has 0 unspecified atom stereocenters. The summed E-state index contributed by atoms with van der Waals surface area (Å²) in [5.74, 6) is -0.0412. The second kappa shape index (κ2) is 9.28. The molecule has 0 amide bonds. The van der Waals surface area contributed by atoms with E-state index in [9.17, 15) is 4.57 Å². The molecular weight excluding hydrogens is 476 g/mol. The second-order valence-corrected chi connectivity index (χ2v) is 11.9. The highest BCUT2D eigenvalue weighted by Gasteiger charge is 2.20. The van der Waals surface area contributed by atoms with Crippen LogP contribution in [0.4, 0.5) is 10.1 Å². The summed E-state index contributed by atoms with van der Waals surface area (Å²) in [6.07, 6.45) is 3.14. The maximum atomic E-state index is 15.1. The highest BCUT2D eigenvalue weighted by atomic mass is 35.5. The summed E-state index contributed by atoms with van der Waals surface area (Å²) >= 11 is 6.63. The number of aromatic nitrogens is 4. The number of hydrogen-bond donors (Lipinski definition) is 1. The molecule has 0 aromatic carbocycles. The molecule has 0 radical (unpaired) electrons. The SMILES string of the molecule is COc1cc([C@@H](C)Nc2c(Cl)c(C)nc3cc(F)c(-c4ccc(P(C)(C)=O)nc4)nc23)ccn1. The van der Waals surface area contributed by atoms with E-state index in [2.05, 4.69) is 25.3 Å². The summed E-state index contributed by atoms with van der Waals surface area (Å²) in [6.45, 7) is 7.00. The fraction of sp³-hybridized carbons (Fsp3) is 0.250. The molecule has 7 nitrogen and oxygen atoms in total. The van der Waals surface area contributed by atoms with Crippen LogP contribution in [0.3, 0.4) is 0 Å². The van der Waals surface area contributed by atoms with Gasteiger partial charge in [-0.2, -0.15) is 0 Å². The summed E-state index contributed by atoms with van der Waals surface area (Å²) < 4.78 is 32.6. The maximum absolute atomic E-state index is 15.1. The number of methoxy groups -OCH3 is 1. The lowest BCUT2D eigenvalue weighted by molar-refractivity contribution is 0.397. The summed E-state index contributed by atoms with van der Waals surface area (Å²) in [4.78, 5) is 17.4. The molecule has 0 aliphatic heterocycles. The van der Waals surface area contributed by atoms with E-state index in [0.29, 0.717) is 44.3 Å². The van der Waals surface area contributed by atoms with Gasteiger partial charge in [0.1, 0.15) is 18.4 Å². The normalized spacial score (nSPS) is 12.6. The van der Waals surface area contributed by atoms with Crippen LogP contribution in [-0.2, 0) is 4.57 Å². The van der Waals surface area contributed by atoms with Gasteiger partial charge in [0.15, 0.2) is 5.82 Å².